The maximum Gasteiger partial charge on any atom is 0.325 e. The zero-order valence-electron chi connectivity index (χ0n) is 11.8. The summed E-state index contributed by atoms with van der Waals surface area (Å²) in [7, 11) is 1.25. The molecule has 1 N–H and O–H groups in total. The van der Waals surface area contributed by atoms with Gasteiger partial charge >= 0.3 is 5.97 Å². The highest BCUT2D eigenvalue weighted by Gasteiger charge is 2.11. The number of halogens is 1. The van der Waals surface area contributed by atoms with Crippen molar-refractivity contribution in [3.63, 3.8) is 0 Å². The normalized spacial score (nSPS) is 10.1. The van der Waals surface area contributed by atoms with Crippen molar-refractivity contribution in [1.29, 1.82) is 0 Å². The second kappa shape index (κ2) is 7.60. The van der Waals surface area contributed by atoms with E-state index in [4.69, 9.17) is 4.74 Å². The number of esters is 1. The number of amides is 1. The number of rotatable bonds is 6. The second-order valence-corrected chi connectivity index (χ2v) is 5.14. The Kier molecular flexibility index (Phi) is 5.54. The minimum absolute atomic E-state index is 0.173. The Morgan fingerprint density at radius 1 is 1.27 bits per heavy atom. The standard InChI is InChI=1S/C14H14BrN3O4/c1-21-13(19)8-16-14(20)12-6-7-18(17-12)9-22-11-4-2-10(15)3-5-11/h2-7H,8-9H2,1H3,(H,16,20). The highest BCUT2D eigenvalue weighted by molar-refractivity contribution is 9.10. The summed E-state index contributed by atoms with van der Waals surface area (Å²) in [6.45, 7) is -0.0243. The molecule has 0 aliphatic carbocycles. The summed E-state index contributed by atoms with van der Waals surface area (Å²) >= 11 is 3.34. The lowest BCUT2D eigenvalue weighted by Crippen LogP contribution is -2.30. The molecule has 0 spiro atoms. The lowest BCUT2D eigenvalue weighted by molar-refractivity contribution is -0.139. The molecule has 0 saturated carbocycles. The maximum absolute atomic E-state index is 11.7. The highest BCUT2D eigenvalue weighted by atomic mass is 79.9. The van der Waals surface area contributed by atoms with E-state index in [1.165, 1.54) is 17.9 Å². The van der Waals surface area contributed by atoms with E-state index in [-0.39, 0.29) is 19.0 Å². The summed E-state index contributed by atoms with van der Waals surface area (Å²) in [6.07, 6.45) is 1.62. The van der Waals surface area contributed by atoms with Crippen LogP contribution in [0.15, 0.2) is 41.0 Å². The third-order valence-corrected chi connectivity index (χ3v) is 3.20. The summed E-state index contributed by atoms with van der Waals surface area (Å²) in [5.74, 6) is -0.283. The van der Waals surface area contributed by atoms with Crippen molar-refractivity contribution in [2.24, 2.45) is 0 Å². The lowest BCUT2D eigenvalue weighted by Gasteiger charge is -2.06. The molecule has 2 aromatic rings. The van der Waals surface area contributed by atoms with E-state index in [1.54, 1.807) is 6.20 Å². The summed E-state index contributed by atoms with van der Waals surface area (Å²) in [4.78, 5) is 22.7. The monoisotopic (exact) mass is 367 g/mol. The van der Waals surface area contributed by atoms with Gasteiger partial charge in [-0.15, -0.1) is 0 Å². The van der Waals surface area contributed by atoms with Crippen LogP contribution in [0.2, 0.25) is 0 Å². The fourth-order valence-corrected chi connectivity index (χ4v) is 1.81. The van der Waals surface area contributed by atoms with Crippen molar-refractivity contribution in [3.05, 3.63) is 46.7 Å². The molecule has 0 atom stereocenters. The molecule has 1 aromatic carbocycles. The van der Waals surface area contributed by atoms with Gasteiger partial charge in [-0.1, -0.05) is 15.9 Å². The predicted octanol–water partition coefficient (Wildman–Crippen LogP) is 1.58. The van der Waals surface area contributed by atoms with Crippen LogP contribution in [0.1, 0.15) is 10.5 Å². The summed E-state index contributed by atoms with van der Waals surface area (Å²) in [5, 5.41) is 6.47. The van der Waals surface area contributed by atoms with Crippen LogP contribution in [0.5, 0.6) is 5.75 Å². The van der Waals surface area contributed by atoms with Crippen LogP contribution in [0, 0.1) is 0 Å². The summed E-state index contributed by atoms with van der Waals surface area (Å²) in [5.41, 5.74) is 0.198. The number of hydrogen-bond donors (Lipinski definition) is 1. The van der Waals surface area contributed by atoms with Gasteiger partial charge in [-0.3, -0.25) is 9.59 Å². The van der Waals surface area contributed by atoms with Gasteiger partial charge in [-0.2, -0.15) is 5.10 Å². The van der Waals surface area contributed by atoms with Crippen molar-refractivity contribution in [2.45, 2.75) is 6.73 Å². The van der Waals surface area contributed by atoms with Gasteiger partial charge in [0.1, 0.15) is 18.0 Å². The lowest BCUT2D eigenvalue weighted by atomic mass is 10.3. The smallest absolute Gasteiger partial charge is 0.325 e. The van der Waals surface area contributed by atoms with Crippen LogP contribution in [-0.2, 0) is 16.3 Å². The van der Waals surface area contributed by atoms with E-state index in [2.05, 4.69) is 31.1 Å². The van der Waals surface area contributed by atoms with E-state index in [1.807, 2.05) is 24.3 Å². The number of carbonyl (C=O) groups excluding carboxylic acids is 2. The second-order valence-electron chi connectivity index (χ2n) is 4.23. The van der Waals surface area contributed by atoms with Gasteiger partial charge < -0.3 is 14.8 Å². The minimum atomic E-state index is -0.522. The first-order chi connectivity index (χ1) is 10.6. The average molecular weight is 368 g/mol. The topological polar surface area (TPSA) is 82.5 Å². The summed E-state index contributed by atoms with van der Waals surface area (Å²) in [6, 6.07) is 8.90. The van der Waals surface area contributed by atoms with Crippen LogP contribution >= 0.6 is 15.9 Å². The molecule has 116 valence electrons. The molecule has 0 saturated heterocycles. The largest absolute Gasteiger partial charge is 0.471 e. The van der Waals surface area contributed by atoms with Crippen molar-refractivity contribution in [3.8, 4) is 5.75 Å². The van der Waals surface area contributed by atoms with Crippen molar-refractivity contribution in [1.82, 2.24) is 15.1 Å². The van der Waals surface area contributed by atoms with Gasteiger partial charge in [0.05, 0.1) is 7.11 Å². The molecule has 1 heterocycles. The van der Waals surface area contributed by atoms with Crippen LogP contribution in [0.3, 0.4) is 0 Å². The molecule has 0 aliphatic rings. The van der Waals surface area contributed by atoms with Gasteiger partial charge in [0, 0.05) is 10.7 Å². The number of methoxy groups -OCH3 is 1. The Bertz CT molecular complexity index is 654. The molecule has 1 aromatic heterocycles. The van der Waals surface area contributed by atoms with E-state index < -0.39 is 11.9 Å². The maximum atomic E-state index is 11.7. The van der Waals surface area contributed by atoms with Crippen molar-refractivity contribution >= 4 is 27.8 Å². The van der Waals surface area contributed by atoms with E-state index in [0.29, 0.717) is 5.75 Å². The molecule has 0 unspecified atom stereocenters. The fraction of sp³-hybridized carbons (Fsp3) is 0.214. The first kappa shape index (κ1) is 16.0. The van der Waals surface area contributed by atoms with Gasteiger partial charge in [-0.25, -0.2) is 4.68 Å². The molecule has 0 aliphatic heterocycles. The predicted molar refractivity (Wildman–Crippen MR) is 81.3 cm³/mol. The minimum Gasteiger partial charge on any atom is -0.471 e. The average Bonchev–Trinajstić information content (AvgIpc) is 3.00. The van der Waals surface area contributed by atoms with E-state index in [0.717, 1.165) is 4.47 Å². The Morgan fingerprint density at radius 2 is 2.00 bits per heavy atom. The fourth-order valence-electron chi connectivity index (χ4n) is 1.54. The first-order valence-corrected chi connectivity index (χ1v) is 7.14. The number of aromatic nitrogens is 2. The number of nitrogens with zero attached hydrogens (tertiary/aromatic N) is 2. The highest BCUT2D eigenvalue weighted by Crippen LogP contribution is 2.16. The molecule has 0 bridgehead atoms. The van der Waals surface area contributed by atoms with Crippen LogP contribution in [-0.4, -0.2) is 35.3 Å². The van der Waals surface area contributed by atoms with E-state index in [9.17, 15) is 9.59 Å². The van der Waals surface area contributed by atoms with Gasteiger partial charge in [0.2, 0.25) is 0 Å². The van der Waals surface area contributed by atoms with Gasteiger partial charge in [-0.05, 0) is 30.3 Å². The van der Waals surface area contributed by atoms with Crippen molar-refractivity contribution < 1.29 is 19.1 Å². The Hall–Kier alpha value is -2.35. The molecule has 7 nitrogen and oxygen atoms in total. The zero-order valence-corrected chi connectivity index (χ0v) is 13.4. The molecule has 1 amide bonds. The van der Waals surface area contributed by atoms with Gasteiger partial charge in [0.15, 0.2) is 6.73 Å². The first-order valence-electron chi connectivity index (χ1n) is 6.35. The molecular weight excluding hydrogens is 354 g/mol. The number of ether oxygens (including phenoxy) is 2. The Labute approximate surface area is 135 Å². The summed E-state index contributed by atoms with van der Waals surface area (Å²) < 4.78 is 12.4. The molecular formula is C14H14BrN3O4. The van der Waals surface area contributed by atoms with E-state index >= 15 is 0 Å². The molecule has 0 radical (unpaired) electrons. The third-order valence-electron chi connectivity index (χ3n) is 2.67. The van der Waals surface area contributed by atoms with Crippen LogP contribution in [0.25, 0.3) is 0 Å². The Morgan fingerprint density at radius 3 is 2.68 bits per heavy atom. The van der Waals surface area contributed by atoms with Crippen LogP contribution in [0.4, 0.5) is 0 Å². The number of nitrogens with one attached hydrogen (secondary N) is 1. The SMILES string of the molecule is COC(=O)CNC(=O)c1ccn(COc2ccc(Br)cc2)n1. The number of carbonyl (C=O) groups is 2. The quantitative estimate of drug-likeness (QED) is 0.783. The number of benzene rings is 1. The zero-order chi connectivity index (χ0) is 15.9. The third kappa shape index (κ3) is 4.59. The molecule has 22 heavy (non-hydrogen) atoms. The van der Waals surface area contributed by atoms with Crippen molar-refractivity contribution in [2.75, 3.05) is 13.7 Å². The molecule has 0 fully saturated rings. The molecule has 8 heteroatoms. The van der Waals surface area contributed by atoms with Gasteiger partial charge in [0.25, 0.3) is 5.91 Å². The Balaban J connectivity index is 1.86. The van der Waals surface area contributed by atoms with Crippen LogP contribution < -0.4 is 10.1 Å². The number of hydrogen-bond acceptors (Lipinski definition) is 5. The molecule has 2 rings (SSSR count).